The Hall–Kier alpha value is -2.96. The first-order valence-corrected chi connectivity index (χ1v) is 7.04. The monoisotopic (exact) mass is 331 g/mol. The van der Waals surface area contributed by atoms with Crippen LogP contribution in [0.2, 0.25) is 0 Å². The van der Waals surface area contributed by atoms with Crippen LogP contribution in [0.15, 0.2) is 49.1 Å². The number of halogens is 3. The molecular formula is C17H12F3N3O. The molecule has 24 heavy (non-hydrogen) atoms. The smallest absolute Gasteiger partial charge is 0.353 e. The molecule has 1 N–H and O–H groups in total. The fraction of sp³-hybridized carbons (Fsp3) is 0.118. The van der Waals surface area contributed by atoms with Crippen molar-refractivity contribution in [1.82, 2.24) is 15.0 Å². The fourth-order valence-electron chi connectivity index (χ4n) is 2.61. The number of pyridine rings is 2. The third-order valence-electron chi connectivity index (χ3n) is 3.57. The summed E-state index contributed by atoms with van der Waals surface area (Å²) in [6, 6.07) is 6.02. The van der Waals surface area contributed by atoms with Crippen LogP contribution in [-0.2, 0) is 6.18 Å². The van der Waals surface area contributed by atoms with Gasteiger partial charge in [0.2, 0.25) is 0 Å². The number of aromatic amines is 1. The Morgan fingerprint density at radius 2 is 1.38 bits per heavy atom. The second kappa shape index (κ2) is 5.92. The molecule has 0 aliphatic heterocycles. The van der Waals surface area contributed by atoms with Crippen LogP contribution in [0.4, 0.5) is 13.2 Å². The predicted molar refractivity (Wildman–Crippen MR) is 82.3 cm³/mol. The van der Waals surface area contributed by atoms with Crippen LogP contribution < -0.4 is 0 Å². The van der Waals surface area contributed by atoms with E-state index in [-0.39, 0.29) is 17.0 Å². The minimum absolute atomic E-state index is 0.129. The number of Topliss-reactive ketones (excluding diaryl/α,β-unsaturated/α-hetero) is 1. The van der Waals surface area contributed by atoms with E-state index in [0.29, 0.717) is 11.1 Å². The van der Waals surface area contributed by atoms with E-state index in [0.717, 1.165) is 6.92 Å². The quantitative estimate of drug-likeness (QED) is 0.726. The number of ketones is 1. The molecule has 0 aliphatic rings. The van der Waals surface area contributed by atoms with Crippen molar-refractivity contribution in [3.63, 3.8) is 0 Å². The van der Waals surface area contributed by atoms with E-state index in [4.69, 9.17) is 0 Å². The Morgan fingerprint density at radius 1 is 0.917 bits per heavy atom. The van der Waals surface area contributed by atoms with E-state index in [2.05, 4.69) is 15.0 Å². The highest BCUT2D eigenvalue weighted by Crippen LogP contribution is 2.43. The van der Waals surface area contributed by atoms with Gasteiger partial charge >= 0.3 is 6.18 Å². The lowest BCUT2D eigenvalue weighted by Gasteiger charge is -2.10. The van der Waals surface area contributed by atoms with E-state index in [1.807, 2.05) is 0 Å². The van der Waals surface area contributed by atoms with E-state index in [1.54, 1.807) is 12.1 Å². The maximum absolute atomic E-state index is 13.7. The lowest BCUT2D eigenvalue weighted by atomic mass is 9.99. The number of carbonyl (C=O) groups excluding carboxylic acids is 1. The molecule has 0 saturated heterocycles. The zero-order chi connectivity index (χ0) is 17.3. The molecule has 4 nitrogen and oxygen atoms in total. The van der Waals surface area contributed by atoms with Gasteiger partial charge in [-0.3, -0.25) is 14.8 Å². The Kier molecular flexibility index (Phi) is 3.92. The van der Waals surface area contributed by atoms with E-state index in [9.17, 15) is 18.0 Å². The van der Waals surface area contributed by atoms with Crippen LogP contribution in [0.25, 0.3) is 22.5 Å². The Balaban J connectivity index is 2.37. The maximum Gasteiger partial charge on any atom is 0.419 e. The van der Waals surface area contributed by atoms with Crippen LogP contribution in [0.5, 0.6) is 0 Å². The maximum atomic E-state index is 13.7. The van der Waals surface area contributed by atoms with Crippen LogP contribution in [0.1, 0.15) is 22.8 Å². The lowest BCUT2D eigenvalue weighted by molar-refractivity contribution is -0.137. The van der Waals surface area contributed by atoms with Gasteiger partial charge in [0.1, 0.15) is 0 Å². The molecule has 7 heteroatoms. The van der Waals surface area contributed by atoms with Gasteiger partial charge in [-0.15, -0.1) is 0 Å². The number of alkyl halides is 3. The first-order chi connectivity index (χ1) is 11.4. The third kappa shape index (κ3) is 2.80. The number of hydrogen-bond acceptors (Lipinski definition) is 3. The molecule has 0 unspecified atom stereocenters. The summed E-state index contributed by atoms with van der Waals surface area (Å²) in [4.78, 5) is 22.4. The first-order valence-electron chi connectivity index (χ1n) is 7.04. The average Bonchev–Trinajstić information content (AvgIpc) is 2.97. The Morgan fingerprint density at radius 3 is 1.79 bits per heavy atom. The van der Waals surface area contributed by atoms with Gasteiger partial charge in [0.25, 0.3) is 0 Å². The molecule has 3 rings (SSSR count). The van der Waals surface area contributed by atoms with Gasteiger partial charge < -0.3 is 4.98 Å². The van der Waals surface area contributed by atoms with Gasteiger partial charge in [-0.25, -0.2) is 0 Å². The zero-order valence-electron chi connectivity index (χ0n) is 12.6. The molecule has 3 aromatic heterocycles. The molecular weight excluding hydrogens is 319 g/mol. The third-order valence-corrected chi connectivity index (χ3v) is 3.57. The topological polar surface area (TPSA) is 58.6 Å². The van der Waals surface area contributed by atoms with Crippen molar-refractivity contribution in [2.24, 2.45) is 0 Å². The number of rotatable bonds is 3. The van der Waals surface area contributed by atoms with Crippen molar-refractivity contribution >= 4 is 5.78 Å². The fourth-order valence-corrected chi connectivity index (χ4v) is 2.61. The summed E-state index contributed by atoms with van der Waals surface area (Å²) in [5.74, 6) is -0.661. The second-order valence-corrected chi connectivity index (χ2v) is 5.15. The van der Waals surface area contributed by atoms with Crippen LogP contribution in [-0.4, -0.2) is 20.7 Å². The van der Waals surface area contributed by atoms with Gasteiger partial charge in [-0.05, 0) is 31.2 Å². The summed E-state index contributed by atoms with van der Waals surface area (Å²) in [5.41, 5.74) is -0.597. The Bertz CT molecular complexity index is 871. The molecule has 0 aliphatic carbocycles. The van der Waals surface area contributed by atoms with Crippen molar-refractivity contribution in [3.8, 4) is 22.5 Å². The zero-order valence-corrected chi connectivity index (χ0v) is 12.6. The summed E-state index contributed by atoms with van der Waals surface area (Å²) < 4.78 is 41.1. The number of H-pyrrole nitrogens is 1. The van der Waals surface area contributed by atoms with Crippen molar-refractivity contribution in [2.45, 2.75) is 13.1 Å². The SMILES string of the molecule is CC(=O)c1c(-c2ccncc2)[nH]c(-c2ccncc2)c1C(F)(F)F. The highest BCUT2D eigenvalue weighted by Gasteiger charge is 2.41. The summed E-state index contributed by atoms with van der Waals surface area (Å²) in [7, 11) is 0. The number of aromatic nitrogens is 3. The Labute approximate surface area is 135 Å². The molecule has 0 aromatic carbocycles. The average molecular weight is 331 g/mol. The largest absolute Gasteiger partial charge is 0.419 e. The summed E-state index contributed by atoms with van der Waals surface area (Å²) >= 11 is 0. The molecule has 122 valence electrons. The van der Waals surface area contributed by atoms with Crippen LogP contribution in [0, 0.1) is 0 Å². The molecule has 3 aromatic rings. The van der Waals surface area contributed by atoms with Crippen molar-refractivity contribution in [2.75, 3.05) is 0 Å². The molecule has 0 fully saturated rings. The minimum atomic E-state index is -4.68. The van der Waals surface area contributed by atoms with Crippen molar-refractivity contribution in [1.29, 1.82) is 0 Å². The standard InChI is InChI=1S/C17H12F3N3O/c1-10(24)13-14(17(18,19)20)16(12-4-8-22-9-5-12)23-15(13)11-2-6-21-7-3-11/h2-9,23H,1H3. The van der Waals surface area contributed by atoms with E-state index in [1.165, 1.54) is 36.9 Å². The van der Waals surface area contributed by atoms with Gasteiger partial charge in [-0.2, -0.15) is 13.2 Å². The highest BCUT2D eigenvalue weighted by molar-refractivity contribution is 6.04. The number of carbonyl (C=O) groups is 1. The highest BCUT2D eigenvalue weighted by atomic mass is 19.4. The number of hydrogen-bond donors (Lipinski definition) is 1. The summed E-state index contributed by atoms with van der Waals surface area (Å²) in [6.07, 6.45) is 1.03. The summed E-state index contributed by atoms with van der Waals surface area (Å²) in [6.45, 7) is 1.12. The number of nitrogens with one attached hydrogen (secondary N) is 1. The number of nitrogens with zero attached hydrogens (tertiary/aromatic N) is 2. The van der Waals surface area contributed by atoms with E-state index < -0.39 is 17.5 Å². The van der Waals surface area contributed by atoms with Crippen molar-refractivity contribution in [3.05, 3.63) is 60.2 Å². The molecule has 0 amide bonds. The molecule has 0 atom stereocenters. The van der Waals surface area contributed by atoms with Gasteiger partial charge in [0, 0.05) is 35.9 Å². The molecule has 0 saturated carbocycles. The van der Waals surface area contributed by atoms with Gasteiger partial charge in [-0.1, -0.05) is 0 Å². The minimum Gasteiger partial charge on any atom is -0.353 e. The molecule has 0 bridgehead atoms. The second-order valence-electron chi connectivity index (χ2n) is 5.15. The van der Waals surface area contributed by atoms with Crippen LogP contribution >= 0.6 is 0 Å². The normalized spacial score (nSPS) is 11.5. The lowest BCUT2D eigenvalue weighted by Crippen LogP contribution is -2.11. The van der Waals surface area contributed by atoms with Gasteiger partial charge in [0.15, 0.2) is 5.78 Å². The molecule has 3 heterocycles. The molecule has 0 spiro atoms. The first kappa shape index (κ1) is 15.9. The van der Waals surface area contributed by atoms with Crippen molar-refractivity contribution < 1.29 is 18.0 Å². The summed E-state index contributed by atoms with van der Waals surface area (Å²) in [5, 5.41) is 0. The van der Waals surface area contributed by atoms with E-state index >= 15 is 0 Å². The van der Waals surface area contributed by atoms with Gasteiger partial charge in [0.05, 0.1) is 22.5 Å². The predicted octanol–water partition coefficient (Wildman–Crippen LogP) is 4.36. The van der Waals surface area contributed by atoms with Crippen LogP contribution in [0.3, 0.4) is 0 Å². The molecule has 0 radical (unpaired) electrons.